The zero-order valence-electron chi connectivity index (χ0n) is 15.6. The van der Waals surface area contributed by atoms with E-state index >= 15 is 0 Å². The number of halogens is 2. The summed E-state index contributed by atoms with van der Waals surface area (Å²) in [6, 6.07) is 18.0. The molecule has 0 unspecified atom stereocenters. The minimum absolute atomic E-state index is 0.0713. The number of hydrogen-bond donors (Lipinski definition) is 1. The second-order valence-corrected chi connectivity index (χ2v) is 6.40. The molecule has 0 fully saturated rings. The van der Waals surface area contributed by atoms with Crippen LogP contribution in [0.3, 0.4) is 0 Å². The Hall–Kier alpha value is -4.07. The molecule has 1 heterocycles. The molecule has 30 heavy (non-hydrogen) atoms. The summed E-state index contributed by atoms with van der Waals surface area (Å²) >= 11 is 0. The molecule has 150 valence electrons. The third kappa shape index (κ3) is 3.75. The van der Waals surface area contributed by atoms with Crippen LogP contribution in [-0.4, -0.2) is 20.7 Å². The SMILES string of the molecule is NC(=O)c1ncnn1-c1cccc(-c2ccccc2)c1OCc1ccc(F)cc1F. The van der Waals surface area contributed by atoms with E-state index in [4.69, 9.17) is 10.5 Å². The van der Waals surface area contributed by atoms with Crippen molar-refractivity contribution in [2.24, 2.45) is 5.73 Å². The molecule has 3 aromatic carbocycles. The Morgan fingerprint density at radius 3 is 2.57 bits per heavy atom. The van der Waals surface area contributed by atoms with Gasteiger partial charge in [0.25, 0.3) is 5.91 Å². The maximum absolute atomic E-state index is 14.1. The molecule has 4 rings (SSSR count). The molecule has 0 aliphatic heterocycles. The Balaban J connectivity index is 1.82. The maximum atomic E-state index is 14.1. The van der Waals surface area contributed by atoms with Gasteiger partial charge >= 0.3 is 0 Å². The molecule has 0 bridgehead atoms. The van der Waals surface area contributed by atoms with Gasteiger partial charge in [-0.2, -0.15) is 5.10 Å². The average Bonchev–Trinajstić information content (AvgIpc) is 3.24. The number of primary amides is 1. The summed E-state index contributed by atoms with van der Waals surface area (Å²) in [7, 11) is 0. The first-order chi connectivity index (χ1) is 14.5. The lowest BCUT2D eigenvalue weighted by Gasteiger charge is -2.17. The van der Waals surface area contributed by atoms with E-state index in [1.54, 1.807) is 12.1 Å². The van der Waals surface area contributed by atoms with Gasteiger partial charge in [-0.15, -0.1) is 0 Å². The summed E-state index contributed by atoms with van der Waals surface area (Å²) in [5.41, 5.74) is 7.53. The van der Waals surface area contributed by atoms with Crippen LogP contribution in [0.15, 0.2) is 73.1 Å². The topological polar surface area (TPSA) is 83.0 Å². The highest BCUT2D eigenvalue weighted by molar-refractivity contribution is 5.90. The fourth-order valence-corrected chi connectivity index (χ4v) is 3.06. The Kier molecular flexibility index (Phi) is 5.21. The Bertz CT molecular complexity index is 1210. The van der Waals surface area contributed by atoms with Gasteiger partial charge in [0.2, 0.25) is 5.82 Å². The van der Waals surface area contributed by atoms with Gasteiger partial charge in [-0.25, -0.2) is 18.4 Å². The number of hydrogen-bond acceptors (Lipinski definition) is 4. The van der Waals surface area contributed by atoms with E-state index in [0.717, 1.165) is 17.7 Å². The van der Waals surface area contributed by atoms with Crippen molar-refractivity contribution in [3.8, 4) is 22.6 Å². The van der Waals surface area contributed by atoms with Crippen molar-refractivity contribution in [2.75, 3.05) is 0 Å². The number of aromatic nitrogens is 3. The number of ether oxygens (including phenoxy) is 1. The number of nitrogens with zero attached hydrogens (tertiary/aromatic N) is 3. The van der Waals surface area contributed by atoms with Crippen LogP contribution in [0.4, 0.5) is 8.78 Å². The second kappa shape index (κ2) is 8.12. The fourth-order valence-electron chi connectivity index (χ4n) is 3.06. The molecule has 2 N–H and O–H groups in total. The molecule has 0 saturated carbocycles. The van der Waals surface area contributed by atoms with Crippen molar-refractivity contribution in [3.05, 3.63) is 96.1 Å². The number of carbonyl (C=O) groups excluding carboxylic acids is 1. The summed E-state index contributed by atoms with van der Waals surface area (Å²) in [6.07, 6.45) is 1.21. The van der Waals surface area contributed by atoms with Crippen molar-refractivity contribution in [1.82, 2.24) is 14.8 Å². The van der Waals surface area contributed by atoms with Crippen molar-refractivity contribution >= 4 is 5.91 Å². The molecule has 0 radical (unpaired) electrons. The van der Waals surface area contributed by atoms with E-state index in [1.165, 1.54) is 17.1 Å². The first kappa shape index (κ1) is 19.3. The monoisotopic (exact) mass is 406 g/mol. The molecule has 4 aromatic rings. The molecular formula is C22H16F2N4O2. The Labute approximate surface area is 170 Å². The lowest BCUT2D eigenvalue weighted by Crippen LogP contribution is -2.18. The summed E-state index contributed by atoms with van der Waals surface area (Å²) in [5.74, 6) is -1.87. The number of benzene rings is 3. The minimum atomic E-state index is -0.756. The van der Waals surface area contributed by atoms with Gasteiger partial charge in [-0.1, -0.05) is 42.5 Å². The maximum Gasteiger partial charge on any atom is 0.286 e. The number of carbonyl (C=O) groups is 1. The third-order valence-corrected chi connectivity index (χ3v) is 4.46. The summed E-state index contributed by atoms with van der Waals surface area (Å²) in [6.45, 7) is -0.163. The van der Waals surface area contributed by atoms with Crippen LogP contribution in [0.25, 0.3) is 16.8 Å². The molecule has 0 atom stereocenters. The van der Waals surface area contributed by atoms with Crippen molar-refractivity contribution < 1.29 is 18.3 Å². The van der Waals surface area contributed by atoms with Gasteiger partial charge in [0.05, 0.1) is 0 Å². The first-order valence-electron chi connectivity index (χ1n) is 9.00. The predicted molar refractivity (Wildman–Crippen MR) is 106 cm³/mol. The van der Waals surface area contributed by atoms with Crippen LogP contribution in [-0.2, 0) is 6.61 Å². The molecule has 0 saturated heterocycles. The molecule has 6 nitrogen and oxygen atoms in total. The highest BCUT2D eigenvalue weighted by atomic mass is 19.1. The zero-order valence-corrected chi connectivity index (χ0v) is 15.6. The fraction of sp³-hybridized carbons (Fsp3) is 0.0455. The normalized spacial score (nSPS) is 10.7. The van der Waals surface area contributed by atoms with Gasteiger partial charge in [-0.3, -0.25) is 4.79 Å². The van der Waals surface area contributed by atoms with Crippen molar-refractivity contribution in [1.29, 1.82) is 0 Å². The first-order valence-corrected chi connectivity index (χ1v) is 9.00. The standard InChI is InChI=1S/C22H16F2N4O2/c23-16-10-9-15(18(24)11-16)12-30-20-17(14-5-2-1-3-6-14)7-4-8-19(20)28-22(21(25)29)26-13-27-28/h1-11,13H,12H2,(H2,25,29). The van der Waals surface area contributed by atoms with Crippen LogP contribution < -0.4 is 10.5 Å². The number of rotatable bonds is 6. The quantitative estimate of drug-likeness (QED) is 0.527. The van der Waals surface area contributed by atoms with Crippen molar-refractivity contribution in [3.63, 3.8) is 0 Å². The Morgan fingerprint density at radius 2 is 1.83 bits per heavy atom. The third-order valence-electron chi connectivity index (χ3n) is 4.46. The number of nitrogens with two attached hydrogens (primary N) is 1. The van der Waals surface area contributed by atoms with Gasteiger partial charge in [0.1, 0.15) is 30.3 Å². The zero-order chi connectivity index (χ0) is 21.1. The summed E-state index contributed by atoms with van der Waals surface area (Å²) < 4.78 is 34.6. The lowest BCUT2D eigenvalue weighted by atomic mass is 10.0. The van der Waals surface area contributed by atoms with Gasteiger partial charge < -0.3 is 10.5 Å². The predicted octanol–water partition coefficient (Wildman–Crippen LogP) is 3.89. The van der Waals surface area contributed by atoms with Crippen LogP contribution in [0.5, 0.6) is 5.75 Å². The number of amides is 1. The van der Waals surface area contributed by atoms with Crippen LogP contribution >= 0.6 is 0 Å². The molecule has 0 spiro atoms. The van der Waals surface area contributed by atoms with E-state index in [0.29, 0.717) is 17.0 Å². The van der Waals surface area contributed by atoms with E-state index in [-0.39, 0.29) is 18.0 Å². The lowest BCUT2D eigenvalue weighted by molar-refractivity contribution is 0.0988. The molecule has 1 aromatic heterocycles. The van der Waals surface area contributed by atoms with Crippen LogP contribution in [0.1, 0.15) is 16.2 Å². The highest BCUT2D eigenvalue weighted by Crippen LogP contribution is 2.36. The van der Waals surface area contributed by atoms with Crippen molar-refractivity contribution in [2.45, 2.75) is 6.61 Å². The molecule has 0 aliphatic rings. The van der Waals surface area contributed by atoms with E-state index in [1.807, 2.05) is 36.4 Å². The van der Waals surface area contributed by atoms with E-state index in [2.05, 4.69) is 10.1 Å². The molecule has 1 amide bonds. The van der Waals surface area contributed by atoms with Crippen LogP contribution in [0, 0.1) is 11.6 Å². The summed E-state index contributed by atoms with van der Waals surface area (Å²) in [4.78, 5) is 15.6. The number of para-hydroxylation sites is 1. The largest absolute Gasteiger partial charge is 0.486 e. The van der Waals surface area contributed by atoms with Gasteiger partial charge in [0.15, 0.2) is 5.75 Å². The smallest absolute Gasteiger partial charge is 0.286 e. The van der Waals surface area contributed by atoms with E-state index in [9.17, 15) is 13.6 Å². The van der Waals surface area contributed by atoms with E-state index < -0.39 is 17.5 Å². The van der Waals surface area contributed by atoms with Crippen LogP contribution in [0.2, 0.25) is 0 Å². The minimum Gasteiger partial charge on any atom is -0.486 e. The molecule has 0 aliphatic carbocycles. The second-order valence-electron chi connectivity index (χ2n) is 6.40. The van der Waals surface area contributed by atoms with Gasteiger partial charge in [-0.05, 0) is 23.8 Å². The summed E-state index contributed by atoms with van der Waals surface area (Å²) in [5, 5.41) is 4.09. The highest BCUT2D eigenvalue weighted by Gasteiger charge is 2.19. The van der Waals surface area contributed by atoms with Gasteiger partial charge in [0, 0.05) is 17.2 Å². The average molecular weight is 406 g/mol. The molecule has 8 heteroatoms. The Morgan fingerprint density at radius 1 is 1.03 bits per heavy atom. The molecular weight excluding hydrogens is 390 g/mol.